The summed E-state index contributed by atoms with van der Waals surface area (Å²) in [4.78, 5) is 24.2. The normalized spacial score (nSPS) is 10.2. The molecule has 7 nitrogen and oxygen atoms in total. The van der Waals surface area contributed by atoms with Crippen LogP contribution >= 0.6 is 0 Å². The van der Waals surface area contributed by atoms with Gasteiger partial charge in [0.15, 0.2) is 5.69 Å². The molecule has 2 aromatic carbocycles. The fraction of sp³-hybridized carbons (Fsp3) is 0.143. The van der Waals surface area contributed by atoms with Crippen LogP contribution in [0.3, 0.4) is 0 Å². The van der Waals surface area contributed by atoms with Crippen molar-refractivity contribution in [2.75, 3.05) is 17.7 Å². The fourth-order valence-corrected chi connectivity index (χ4v) is 2.51. The zero-order valence-corrected chi connectivity index (χ0v) is 15.6. The van der Waals surface area contributed by atoms with E-state index in [1.807, 2.05) is 31.2 Å². The van der Waals surface area contributed by atoms with Crippen molar-refractivity contribution < 1.29 is 14.3 Å². The zero-order valence-electron chi connectivity index (χ0n) is 15.6. The van der Waals surface area contributed by atoms with E-state index in [2.05, 4.69) is 20.8 Å². The summed E-state index contributed by atoms with van der Waals surface area (Å²) < 4.78 is 4.72. The van der Waals surface area contributed by atoms with Gasteiger partial charge in [0.05, 0.1) is 18.4 Å². The van der Waals surface area contributed by atoms with Crippen LogP contribution in [0.2, 0.25) is 0 Å². The molecule has 142 valence electrons. The number of hydrogen-bond donors (Lipinski definition) is 2. The molecule has 0 spiro atoms. The van der Waals surface area contributed by atoms with E-state index >= 15 is 0 Å². The quantitative estimate of drug-likeness (QED) is 0.640. The summed E-state index contributed by atoms with van der Waals surface area (Å²) in [6.45, 7) is 2.64. The number of benzene rings is 2. The summed E-state index contributed by atoms with van der Waals surface area (Å²) in [5.74, 6) is -0.432. The minimum absolute atomic E-state index is 0.139. The fourth-order valence-electron chi connectivity index (χ4n) is 2.51. The van der Waals surface area contributed by atoms with Gasteiger partial charge in [-0.05, 0) is 36.8 Å². The molecule has 0 saturated heterocycles. The number of methoxy groups -OCH3 is 1. The number of carbonyl (C=O) groups is 2. The first-order chi connectivity index (χ1) is 13.6. The molecule has 3 aromatic rings. The van der Waals surface area contributed by atoms with E-state index < -0.39 is 11.9 Å². The summed E-state index contributed by atoms with van der Waals surface area (Å²) in [6, 6.07) is 18.0. The summed E-state index contributed by atoms with van der Waals surface area (Å²) in [7, 11) is 1.29. The Morgan fingerprint density at radius 2 is 1.71 bits per heavy atom. The monoisotopic (exact) mass is 376 g/mol. The molecule has 0 aliphatic heterocycles. The number of esters is 1. The minimum Gasteiger partial charge on any atom is -0.465 e. The van der Waals surface area contributed by atoms with Gasteiger partial charge in [0.2, 0.25) is 0 Å². The third-order valence-electron chi connectivity index (χ3n) is 4.07. The highest BCUT2D eigenvalue weighted by atomic mass is 16.5. The Labute approximate surface area is 162 Å². The van der Waals surface area contributed by atoms with E-state index in [0.717, 1.165) is 5.56 Å². The Morgan fingerprint density at radius 1 is 0.964 bits per heavy atom. The van der Waals surface area contributed by atoms with Crippen molar-refractivity contribution in [2.45, 2.75) is 13.5 Å². The maximum atomic E-state index is 12.4. The first-order valence-corrected chi connectivity index (χ1v) is 8.68. The molecule has 2 N–H and O–H groups in total. The molecular weight excluding hydrogens is 356 g/mol. The lowest BCUT2D eigenvalue weighted by Gasteiger charge is -2.09. The summed E-state index contributed by atoms with van der Waals surface area (Å²) in [5, 5.41) is 13.8. The van der Waals surface area contributed by atoms with Crippen molar-refractivity contribution in [1.82, 2.24) is 10.2 Å². The van der Waals surface area contributed by atoms with Gasteiger partial charge in [0.1, 0.15) is 5.82 Å². The van der Waals surface area contributed by atoms with Crippen molar-refractivity contribution >= 4 is 23.4 Å². The maximum Gasteiger partial charge on any atom is 0.339 e. The number of anilines is 2. The van der Waals surface area contributed by atoms with Crippen LogP contribution in [0.4, 0.5) is 11.5 Å². The number of nitrogens with one attached hydrogen (secondary N) is 2. The number of hydrogen-bond acceptors (Lipinski definition) is 6. The first-order valence-electron chi connectivity index (χ1n) is 8.68. The predicted octanol–water partition coefficient (Wildman–Crippen LogP) is 3.44. The van der Waals surface area contributed by atoms with E-state index in [1.165, 1.54) is 12.7 Å². The summed E-state index contributed by atoms with van der Waals surface area (Å²) >= 11 is 0. The minimum atomic E-state index is -0.530. The Kier molecular flexibility index (Phi) is 5.96. The Morgan fingerprint density at radius 3 is 2.39 bits per heavy atom. The molecule has 1 aromatic heterocycles. The van der Waals surface area contributed by atoms with E-state index in [-0.39, 0.29) is 11.3 Å². The highest BCUT2D eigenvalue weighted by Crippen LogP contribution is 2.17. The van der Waals surface area contributed by atoms with Crippen LogP contribution in [-0.2, 0) is 11.3 Å². The molecule has 0 unspecified atom stereocenters. The standard InChI is InChI=1S/C21H20N4O3/c1-14-7-9-15(10-8-14)13-22-19-12-11-18(24-25-19)20(26)23-17-6-4-3-5-16(17)21(27)28-2/h3-12H,13H2,1-2H3,(H,22,25)(H,23,26). The van der Waals surface area contributed by atoms with Gasteiger partial charge in [0.25, 0.3) is 5.91 Å². The van der Waals surface area contributed by atoms with E-state index in [0.29, 0.717) is 18.1 Å². The van der Waals surface area contributed by atoms with Crippen LogP contribution in [0, 0.1) is 6.92 Å². The second kappa shape index (κ2) is 8.77. The molecule has 0 saturated carbocycles. The molecule has 0 bridgehead atoms. The number of aryl methyl sites for hydroxylation is 1. The lowest BCUT2D eigenvalue weighted by atomic mass is 10.1. The molecule has 28 heavy (non-hydrogen) atoms. The van der Waals surface area contributed by atoms with Gasteiger partial charge in [-0.2, -0.15) is 0 Å². The van der Waals surface area contributed by atoms with Crippen molar-refractivity contribution in [2.24, 2.45) is 0 Å². The number of rotatable bonds is 6. The molecule has 0 radical (unpaired) electrons. The average molecular weight is 376 g/mol. The molecule has 3 rings (SSSR count). The number of ether oxygens (including phenoxy) is 1. The zero-order chi connectivity index (χ0) is 19.9. The maximum absolute atomic E-state index is 12.4. The van der Waals surface area contributed by atoms with Crippen LogP contribution in [-0.4, -0.2) is 29.2 Å². The highest BCUT2D eigenvalue weighted by molar-refractivity contribution is 6.07. The van der Waals surface area contributed by atoms with Crippen LogP contribution in [0.1, 0.15) is 32.0 Å². The van der Waals surface area contributed by atoms with Crippen LogP contribution < -0.4 is 10.6 Å². The largest absolute Gasteiger partial charge is 0.465 e. The number of aromatic nitrogens is 2. The first kappa shape index (κ1) is 19.0. The highest BCUT2D eigenvalue weighted by Gasteiger charge is 2.15. The van der Waals surface area contributed by atoms with Crippen molar-refractivity contribution in [1.29, 1.82) is 0 Å². The van der Waals surface area contributed by atoms with Gasteiger partial charge in [0, 0.05) is 6.54 Å². The number of carbonyl (C=O) groups excluding carboxylic acids is 2. The SMILES string of the molecule is COC(=O)c1ccccc1NC(=O)c1ccc(NCc2ccc(C)cc2)nn1. The lowest BCUT2D eigenvalue weighted by molar-refractivity contribution is 0.0602. The second-order valence-electron chi connectivity index (χ2n) is 6.13. The van der Waals surface area contributed by atoms with Gasteiger partial charge in [-0.3, -0.25) is 4.79 Å². The number of amides is 1. The Balaban J connectivity index is 1.64. The molecular formula is C21H20N4O3. The third kappa shape index (κ3) is 4.70. The van der Waals surface area contributed by atoms with E-state index in [1.54, 1.807) is 36.4 Å². The van der Waals surface area contributed by atoms with Crippen molar-refractivity contribution in [3.63, 3.8) is 0 Å². The molecule has 1 amide bonds. The smallest absolute Gasteiger partial charge is 0.339 e. The Bertz CT molecular complexity index is 970. The second-order valence-corrected chi connectivity index (χ2v) is 6.13. The predicted molar refractivity (Wildman–Crippen MR) is 106 cm³/mol. The molecule has 1 heterocycles. The van der Waals surface area contributed by atoms with Crippen molar-refractivity contribution in [3.8, 4) is 0 Å². The van der Waals surface area contributed by atoms with Gasteiger partial charge in [-0.15, -0.1) is 10.2 Å². The van der Waals surface area contributed by atoms with E-state index in [4.69, 9.17) is 4.74 Å². The van der Waals surface area contributed by atoms with Crippen LogP contribution in [0.25, 0.3) is 0 Å². The van der Waals surface area contributed by atoms with Crippen LogP contribution in [0.15, 0.2) is 60.7 Å². The lowest BCUT2D eigenvalue weighted by Crippen LogP contribution is -2.17. The summed E-state index contributed by atoms with van der Waals surface area (Å²) in [6.07, 6.45) is 0. The molecule has 0 atom stereocenters. The number of nitrogens with zero attached hydrogens (tertiary/aromatic N) is 2. The van der Waals surface area contributed by atoms with Crippen LogP contribution in [0.5, 0.6) is 0 Å². The van der Waals surface area contributed by atoms with Crippen molar-refractivity contribution in [3.05, 3.63) is 83.0 Å². The molecule has 0 aliphatic rings. The van der Waals surface area contributed by atoms with E-state index in [9.17, 15) is 9.59 Å². The molecule has 0 aliphatic carbocycles. The third-order valence-corrected chi connectivity index (χ3v) is 4.07. The Hall–Kier alpha value is -3.74. The summed E-state index contributed by atoms with van der Waals surface area (Å²) in [5.41, 5.74) is 3.08. The molecule has 7 heteroatoms. The van der Waals surface area contributed by atoms with Gasteiger partial charge in [-0.25, -0.2) is 4.79 Å². The molecule has 0 fully saturated rings. The topological polar surface area (TPSA) is 93.2 Å². The number of para-hydroxylation sites is 1. The average Bonchev–Trinajstić information content (AvgIpc) is 2.73. The van der Waals surface area contributed by atoms with Gasteiger partial charge >= 0.3 is 5.97 Å². The van der Waals surface area contributed by atoms with Gasteiger partial charge in [-0.1, -0.05) is 42.0 Å². The van der Waals surface area contributed by atoms with Gasteiger partial charge < -0.3 is 15.4 Å².